The van der Waals surface area contributed by atoms with Gasteiger partial charge in [0.05, 0.1) is 0 Å². The Morgan fingerprint density at radius 3 is 2.72 bits per heavy atom. The predicted octanol–water partition coefficient (Wildman–Crippen LogP) is 2.67. The number of nitrogen functional groups attached to an aromatic ring is 1. The summed E-state index contributed by atoms with van der Waals surface area (Å²) in [6, 6.07) is 10.9. The molecule has 2 atom stereocenters. The molecular formula is C23H29N5O. The van der Waals surface area contributed by atoms with Crippen molar-refractivity contribution in [1.29, 1.82) is 0 Å². The first-order chi connectivity index (χ1) is 14.2. The van der Waals surface area contributed by atoms with Crippen molar-refractivity contribution in [2.45, 2.75) is 51.1 Å². The van der Waals surface area contributed by atoms with Gasteiger partial charge in [-0.3, -0.25) is 9.69 Å². The second-order valence-electron chi connectivity index (χ2n) is 8.80. The summed E-state index contributed by atoms with van der Waals surface area (Å²) in [5.74, 6) is 0.824. The largest absolute Gasteiger partial charge is 0.368 e. The molecule has 29 heavy (non-hydrogen) atoms. The minimum Gasteiger partial charge on any atom is -0.368 e. The lowest BCUT2D eigenvalue weighted by molar-refractivity contribution is 0.0577. The molecule has 1 aromatic carbocycles. The Balaban J connectivity index is 1.38. The van der Waals surface area contributed by atoms with Gasteiger partial charge in [-0.2, -0.15) is 0 Å². The fraction of sp³-hybridized carbons (Fsp3) is 0.522. The second-order valence-corrected chi connectivity index (χ2v) is 8.80. The SMILES string of the molecule is Nc1nc2c(c(C(=O)N3CC4CCC3CN(Cc3ccccc3)C4)n1)CCCC2. The number of amides is 1. The van der Waals surface area contributed by atoms with Crippen molar-refractivity contribution in [2.75, 3.05) is 25.4 Å². The minimum atomic E-state index is 0.0634. The van der Waals surface area contributed by atoms with Crippen LogP contribution in [-0.2, 0) is 19.4 Å². The third-order valence-electron chi connectivity index (χ3n) is 6.70. The van der Waals surface area contributed by atoms with Crippen molar-refractivity contribution >= 4 is 11.9 Å². The molecule has 1 aromatic heterocycles. The summed E-state index contributed by atoms with van der Waals surface area (Å²) in [4.78, 5) is 27.0. The van der Waals surface area contributed by atoms with Crippen LogP contribution in [0, 0.1) is 5.92 Å². The highest BCUT2D eigenvalue weighted by Gasteiger charge is 2.38. The lowest BCUT2D eigenvalue weighted by Gasteiger charge is -2.36. The van der Waals surface area contributed by atoms with Gasteiger partial charge < -0.3 is 10.6 Å². The molecule has 2 aromatic rings. The van der Waals surface area contributed by atoms with Crippen LogP contribution in [-0.4, -0.2) is 51.4 Å². The number of anilines is 1. The van der Waals surface area contributed by atoms with E-state index in [1.807, 2.05) is 0 Å². The Hall–Kier alpha value is -2.47. The fourth-order valence-corrected chi connectivity index (χ4v) is 5.32. The number of rotatable bonds is 3. The lowest BCUT2D eigenvalue weighted by Crippen LogP contribution is -2.48. The first-order valence-electron chi connectivity index (χ1n) is 10.9. The summed E-state index contributed by atoms with van der Waals surface area (Å²) in [7, 11) is 0. The summed E-state index contributed by atoms with van der Waals surface area (Å²) < 4.78 is 0. The molecule has 1 aliphatic carbocycles. The molecule has 3 fully saturated rings. The van der Waals surface area contributed by atoms with Crippen molar-refractivity contribution in [2.24, 2.45) is 5.92 Å². The Kier molecular flexibility index (Phi) is 4.96. The minimum absolute atomic E-state index is 0.0634. The molecule has 6 nitrogen and oxygen atoms in total. The maximum atomic E-state index is 13.6. The maximum absolute atomic E-state index is 13.6. The molecule has 2 bridgehead atoms. The van der Waals surface area contributed by atoms with Crippen LogP contribution >= 0.6 is 0 Å². The Morgan fingerprint density at radius 2 is 1.86 bits per heavy atom. The number of aromatic nitrogens is 2. The van der Waals surface area contributed by atoms with Gasteiger partial charge in [-0.05, 0) is 50.0 Å². The van der Waals surface area contributed by atoms with Crippen molar-refractivity contribution in [3.8, 4) is 0 Å². The quantitative estimate of drug-likeness (QED) is 0.871. The normalized spacial score (nSPS) is 24.2. The van der Waals surface area contributed by atoms with Gasteiger partial charge in [-0.1, -0.05) is 30.3 Å². The third-order valence-corrected chi connectivity index (χ3v) is 6.70. The van der Waals surface area contributed by atoms with Crippen LogP contribution in [0.4, 0.5) is 5.95 Å². The lowest BCUT2D eigenvalue weighted by atomic mass is 9.92. The molecule has 1 amide bonds. The highest BCUT2D eigenvalue weighted by Crippen LogP contribution is 2.31. The van der Waals surface area contributed by atoms with Gasteiger partial charge in [-0.15, -0.1) is 0 Å². The van der Waals surface area contributed by atoms with E-state index in [0.717, 1.165) is 69.5 Å². The second kappa shape index (κ2) is 7.75. The monoisotopic (exact) mass is 391 g/mol. The number of aryl methyl sites for hydroxylation is 1. The van der Waals surface area contributed by atoms with Crippen LogP contribution in [0.5, 0.6) is 0 Å². The van der Waals surface area contributed by atoms with Gasteiger partial charge in [-0.25, -0.2) is 9.97 Å². The average Bonchev–Trinajstić information content (AvgIpc) is 3.04. The van der Waals surface area contributed by atoms with E-state index in [1.54, 1.807) is 0 Å². The summed E-state index contributed by atoms with van der Waals surface area (Å²) in [5.41, 5.74) is 9.89. The van der Waals surface area contributed by atoms with Gasteiger partial charge in [0.25, 0.3) is 5.91 Å². The highest BCUT2D eigenvalue weighted by molar-refractivity contribution is 5.94. The van der Waals surface area contributed by atoms with Gasteiger partial charge in [0.1, 0.15) is 5.69 Å². The van der Waals surface area contributed by atoms with E-state index in [9.17, 15) is 4.79 Å². The Bertz CT molecular complexity index is 900. The van der Waals surface area contributed by atoms with Crippen molar-refractivity contribution < 1.29 is 4.79 Å². The van der Waals surface area contributed by atoms with E-state index in [-0.39, 0.29) is 17.9 Å². The summed E-state index contributed by atoms with van der Waals surface area (Å²) in [6.07, 6.45) is 6.27. The van der Waals surface area contributed by atoms with E-state index in [1.165, 1.54) is 12.0 Å². The average molecular weight is 392 g/mol. The third kappa shape index (κ3) is 3.73. The van der Waals surface area contributed by atoms with E-state index in [2.05, 4.69) is 50.1 Å². The number of fused-ring (bicyclic) bond motifs is 5. The molecule has 3 aliphatic heterocycles. The smallest absolute Gasteiger partial charge is 0.273 e. The van der Waals surface area contributed by atoms with Gasteiger partial charge >= 0.3 is 0 Å². The molecule has 6 rings (SSSR count). The molecular weight excluding hydrogens is 362 g/mol. The zero-order valence-corrected chi connectivity index (χ0v) is 16.9. The molecule has 152 valence electrons. The first-order valence-corrected chi connectivity index (χ1v) is 10.9. The maximum Gasteiger partial charge on any atom is 0.273 e. The topological polar surface area (TPSA) is 75.3 Å². The molecule has 0 spiro atoms. The van der Waals surface area contributed by atoms with Crippen molar-refractivity contribution in [3.63, 3.8) is 0 Å². The van der Waals surface area contributed by atoms with Gasteiger partial charge in [0, 0.05) is 43.5 Å². The van der Waals surface area contributed by atoms with E-state index >= 15 is 0 Å². The van der Waals surface area contributed by atoms with Crippen LogP contribution in [0.15, 0.2) is 30.3 Å². The van der Waals surface area contributed by atoms with Crippen LogP contribution in [0.2, 0.25) is 0 Å². The molecule has 6 heteroatoms. The number of piperidine rings is 1. The summed E-state index contributed by atoms with van der Waals surface area (Å²) >= 11 is 0. The molecule has 2 N–H and O–H groups in total. The van der Waals surface area contributed by atoms with Crippen LogP contribution < -0.4 is 5.73 Å². The number of carbonyl (C=O) groups excluding carboxylic acids is 1. The van der Waals surface area contributed by atoms with Gasteiger partial charge in [0.2, 0.25) is 5.95 Å². The zero-order valence-electron chi connectivity index (χ0n) is 16.9. The van der Waals surface area contributed by atoms with E-state index < -0.39 is 0 Å². The van der Waals surface area contributed by atoms with Gasteiger partial charge in [0.15, 0.2) is 0 Å². The Labute approximate surface area is 172 Å². The predicted molar refractivity (Wildman–Crippen MR) is 112 cm³/mol. The zero-order chi connectivity index (χ0) is 19.8. The van der Waals surface area contributed by atoms with E-state index in [0.29, 0.717) is 11.6 Å². The first kappa shape index (κ1) is 18.6. The number of benzene rings is 1. The Morgan fingerprint density at radius 1 is 1.03 bits per heavy atom. The fourth-order valence-electron chi connectivity index (χ4n) is 5.32. The molecule has 4 aliphatic rings. The molecule has 0 radical (unpaired) electrons. The molecule has 3 saturated heterocycles. The molecule has 2 unspecified atom stereocenters. The van der Waals surface area contributed by atoms with Crippen LogP contribution in [0.1, 0.15) is 53.0 Å². The molecule has 0 saturated carbocycles. The number of hydrogen-bond donors (Lipinski definition) is 1. The van der Waals surface area contributed by atoms with Crippen LogP contribution in [0.3, 0.4) is 0 Å². The van der Waals surface area contributed by atoms with Crippen molar-refractivity contribution in [1.82, 2.24) is 19.8 Å². The number of carbonyl (C=O) groups is 1. The van der Waals surface area contributed by atoms with E-state index in [4.69, 9.17) is 5.73 Å². The number of hydrogen-bond acceptors (Lipinski definition) is 5. The summed E-state index contributed by atoms with van der Waals surface area (Å²) in [6.45, 7) is 3.76. The standard InChI is InChI=1S/C23H29N5O/c24-23-25-20-9-5-4-8-19(20)21(26-23)22(29)28-14-17-10-11-18(28)15-27(13-17)12-16-6-2-1-3-7-16/h1-3,6-7,17-18H,4-5,8-15H2,(H2,24,25,26). The van der Waals surface area contributed by atoms with Crippen LogP contribution in [0.25, 0.3) is 0 Å². The van der Waals surface area contributed by atoms with Crippen molar-refractivity contribution in [3.05, 3.63) is 52.8 Å². The summed E-state index contributed by atoms with van der Waals surface area (Å²) in [5, 5.41) is 0. The number of nitrogens with zero attached hydrogens (tertiary/aromatic N) is 4. The highest BCUT2D eigenvalue weighted by atomic mass is 16.2. The number of nitrogens with two attached hydrogens (primary N) is 1. The molecule has 4 heterocycles.